The largest absolute Gasteiger partial charge is 0.481 e. The number of esters is 1. The number of ether oxygens (including phenoxy) is 2. The van der Waals surface area contributed by atoms with Gasteiger partial charge in [0, 0.05) is 12.0 Å². The Bertz CT molecular complexity index is 417. The van der Waals surface area contributed by atoms with E-state index in [4.69, 9.17) is 9.47 Å². The summed E-state index contributed by atoms with van der Waals surface area (Å²) >= 11 is 0. The topological polar surface area (TPSA) is 48.4 Å². The second-order valence-corrected chi connectivity index (χ2v) is 3.93. The Labute approximate surface area is 94.6 Å². The molecule has 1 aliphatic heterocycles. The van der Waals surface area contributed by atoms with Crippen molar-refractivity contribution in [2.75, 3.05) is 7.11 Å². The maximum absolute atomic E-state index is 11.7. The van der Waals surface area contributed by atoms with Crippen LogP contribution in [-0.4, -0.2) is 24.2 Å². The summed E-state index contributed by atoms with van der Waals surface area (Å²) in [5.41, 5.74) is 1.33. The summed E-state index contributed by atoms with van der Waals surface area (Å²) in [4.78, 5) is 16.0. The molecule has 0 aliphatic carbocycles. The molecule has 4 heteroatoms. The van der Waals surface area contributed by atoms with Crippen molar-refractivity contribution in [3.05, 3.63) is 23.4 Å². The molecule has 0 aromatic carbocycles. The molecule has 2 rings (SSSR count). The highest BCUT2D eigenvalue weighted by atomic mass is 16.5. The van der Waals surface area contributed by atoms with Gasteiger partial charge in [-0.3, -0.25) is 0 Å². The van der Waals surface area contributed by atoms with E-state index in [1.165, 1.54) is 0 Å². The molecule has 16 heavy (non-hydrogen) atoms. The molecule has 0 N–H and O–H groups in total. The standard InChI is InChI=1S/C12H15NO3/c1-4-9-7(2)11-8(12(14)16-9)5-6-10(13-11)15-3/h5-7,9H,4H2,1-3H3/t7-,9-/m0/s1. The summed E-state index contributed by atoms with van der Waals surface area (Å²) in [5, 5.41) is 0. The normalized spacial score (nSPS) is 23.6. The SMILES string of the molecule is CC[C@@H]1OC(=O)c2ccc(OC)nc2[C@H]1C. The number of cyclic esters (lactones) is 1. The molecule has 1 aromatic rings. The lowest BCUT2D eigenvalue weighted by molar-refractivity contribution is 0.0174. The third-order valence-electron chi connectivity index (χ3n) is 2.98. The Morgan fingerprint density at radius 2 is 2.25 bits per heavy atom. The van der Waals surface area contributed by atoms with Gasteiger partial charge in [-0.25, -0.2) is 9.78 Å². The molecule has 0 saturated heterocycles. The minimum Gasteiger partial charge on any atom is -0.481 e. The lowest BCUT2D eigenvalue weighted by Gasteiger charge is -2.29. The Kier molecular flexibility index (Phi) is 2.81. The first-order valence-electron chi connectivity index (χ1n) is 5.43. The Hall–Kier alpha value is -1.58. The number of rotatable bonds is 2. The van der Waals surface area contributed by atoms with E-state index in [1.807, 2.05) is 13.8 Å². The second-order valence-electron chi connectivity index (χ2n) is 3.93. The smallest absolute Gasteiger partial charge is 0.340 e. The van der Waals surface area contributed by atoms with E-state index < -0.39 is 0 Å². The van der Waals surface area contributed by atoms with Crippen LogP contribution in [0.4, 0.5) is 0 Å². The average molecular weight is 221 g/mol. The summed E-state index contributed by atoms with van der Waals surface area (Å²) in [6, 6.07) is 3.39. The van der Waals surface area contributed by atoms with Gasteiger partial charge in [0.2, 0.25) is 5.88 Å². The maximum atomic E-state index is 11.7. The van der Waals surface area contributed by atoms with Gasteiger partial charge in [-0.15, -0.1) is 0 Å². The third kappa shape index (κ3) is 1.64. The highest BCUT2D eigenvalue weighted by Crippen LogP contribution is 2.32. The fourth-order valence-corrected chi connectivity index (χ4v) is 2.01. The Morgan fingerprint density at radius 1 is 1.50 bits per heavy atom. The molecule has 1 aliphatic rings. The number of pyridine rings is 1. The lowest BCUT2D eigenvalue weighted by atomic mass is 9.92. The minimum atomic E-state index is -0.282. The number of nitrogens with zero attached hydrogens (tertiary/aromatic N) is 1. The van der Waals surface area contributed by atoms with Crippen LogP contribution in [0.3, 0.4) is 0 Å². The fourth-order valence-electron chi connectivity index (χ4n) is 2.01. The van der Waals surface area contributed by atoms with Crippen LogP contribution >= 0.6 is 0 Å². The Balaban J connectivity index is 2.47. The first kappa shape index (κ1) is 10.9. The zero-order valence-corrected chi connectivity index (χ0v) is 9.69. The summed E-state index contributed by atoms with van der Waals surface area (Å²) in [6.45, 7) is 4.02. The van der Waals surface area contributed by atoms with Gasteiger partial charge in [0.15, 0.2) is 0 Å². The Morgan fingerprint density at radius 3 is 2.88 bits per heavy atom. The van der Waals surface area contributed by atoms with Gasteiger partial charge in [-0.2, -0.15) is 0 Å². The highest BCUT2D eigenvalue weighted by Gasteiger charge is 2.33. The highest BCUT2D eigenvalue weighted by molar-refractivity contribution is 5.92. The molecular formula is C12H15NO3. The average Bonchev–Trinajstić information content (AvgIpc) is 2.33. The van der Waals surface area contributed by atoms with Crippen molar-refractivity contribution in [2.45, 2.75) is 32.3 Å². The van der Waals surface area contributed by atoms with E-state index in [2.05, 4.69) is 4.98 Å². The number of aromatic nitrogens is 1. The maximum Gasteiger partial charge on any atom is 0.340 e. The van der Waals surface area contributed by atoms with E-state index in [-0.39, 0.29) is 18.0 Å². The van der Waals surface area contributed by atoms with Crippen LogP contribution in [0.15, 0.2) is 12.1 Å². The number of methoxy groups -OCH3 is 1. The first-order chi connectivity index (χ1) is 7.67. The monoisotopic (exact) mass is 221 g/mol. The van der Waals surface area contributed by atoms with Crippen molar-refractivity contribution in [1.29, 1.82) is 0 Å². The number of carbonyl (C=O) groups is 1. The van der Waals surface area contributed by atoms with E-state index in [9.17, 15) is 4.79 Å². The molecule has 2 atom stereocenters. The van der Waals surface area contributed by atoms with Crippen LogP contribution in [0.25, 0.3) is 0 Å². The van der Waals surface area contributed by atoms with E-state index in [1.54, 1.807) is 19.2 Å². The van der Waals surface area contributed by atoms with Crippen LogP contribution in [0.1, 0.15) is 42.2 Å². The molecule has 2 heterocycles. The van der Waals surface area contributed by atoms with Crippen LogP contribution in [0, 0.1) is 0 Å². The van der Waals surface area contributed by atoms with Gasteiger partial charge in [0.25, 0.3) is 0 Å². The zero-order valence-electron chi connectivity index (χ0n) is 9.69. The first-order valence-corrected chi connectivity index (χ1v) is 5.43. The summed E-state index contributed by atoms with van der Waals surface area (Å²) < 4.78 is 10.4. The van der Waals surface area contributed by atoms with E-state index in [0.29, 0.717) is 11.4 Å². The third-order valence-corrected chi connectivity index (χ3v) is 2.98. The van der Waals surface area contributed by atoms with E-state index >= 15 is 0 Å². The lowest BCUT2D eigenvalue weighted by Crippen LogP contribution is -2.31. The molecule has 1 aromatic heterocycles. The van der Waals surface area contributed by atoms with Crippen molar-refractivity contribution >= 4 is 5.97 Å². The fraction of sp³-hybridized carbons (Fsp3) is 0.500. The molecule has 4 nitrogen and oxygen atoms in total. The van der Waals surface area contributed by atoms with Gasteiger partial charge >= 0.3 is 5.97 Å². The molecular weight excluding hydrogens is 206 g/mol. The quantitative estimate of drug-likeness (QED) is 0.718. The molecule has 0 saturated carbocycles. The van der Waals surface area contributed by atoms with Crippen molar-refractivity contribution in [2.24, 2.45) is 0 Å². The summed E-state index contributed by atoms with van der Waals surface area (Å²) in [6.07, 6.45) is 0.713. The molecule has 86 valence electrons. The van der Waals surface area contributed by atoms with Gasteiger partial charge < -0.3 is 9.47 Å². The van der Waals surface area contributed by atoms with Crippen molar-refractivity contribution in [3.8, 4) is 5.88 Å². The van der Waals surface area contributed by atoms with Crippen molar-refractivity contribution in [3.63, 3.8) is 0 Å². The summed E-state index contributed by atoms with van der Waals surface area (Å²) in [7, 11) is 1.57. The molecule has 0 unspecified atom stereocenters. The summed E-state index contributed by atoms with van der Waals surface area (Å²) in [5.74, 6) is 0.373. The molecule has 0 spiro atoms. The van der Waals surface area contributed by atoms with Crippen LogP contribution < -0.4 is 4.74 Å². The molecule has 0 radical (unpaired) electrons. The molecule has 0 fully saturated rings. The second kappa shape index (κ2) is 4.12. The predicted molar refractivity (Wildman–Crippen MR) is 58.7 cm³/mol. The van der Waals surface area contributed by atoms with Crippen LogP contribution in [-0.2, 0) is 4.74 Å². The van der Waals surface area contributed by atoms with Gasteiger partial charge in [-0.05, 0) is 12.5 Å². The number of hydrogen-bond donors (Lipinski definition) is 0. The van der Waals surface area contributed by atoms with Crippen molar-refractivity contribution in [1.82, 2.24) is 4.98 Å². The van der Waals surface area contributed by atoms with Crippen LogP contribution in [0.2, 0.25) is 0 Å². The van der Waals surface area contributed by atoms with Crippen molar-refractivity contribution < 1.29 is 14.3 Å². The molecule has 0 bridgehead atoms. The number of fused-ring (bicyclic) bond motifs is 1. The van der Waals surface area contributed by atoms with Gasteiger partial charge in [0.1, 0.15) is 6.10 Å². The van der Waals surface area contributed by atoms with E-state index in [0.717, 1.165) is 12.1 Å². The minimum absolute atomic E-state index is 0.0837. The zero-order chi connectivity index (χ0) is 11.7. The molecule has 0 amide bonds. The number of carbonyl (C=O) groups excluding carboxylic acids is 1. The number of hydrogen-bond acceptors (Lipinski definition) is 4. The van der Waals surface area contributed by atoms with Gasteiger partial charge in [-0.1, -0.05) is 13.8 Å². The van der Waals surface area contributed by atoms with Gasteiger partial charge in [0.05, 0.1) is 18.4 Å². The van der Waals surface area contributed by atoms with Crippen LogP contribution in [0.5, 0.6) is 5.88 Å². The predicted octanol–water partition coefficient (Wildman–Crippen LogP) is 2.14.